The van der Waals surface area contributed by atoms with Crippen LogP contribution in [-0.2, 0) is 24.3 Å². The molecule has 27 heavy (non-hydrogen) atoms. The van der Waals surface area contributed by atoms with Crippen LogP contribution in [0.3, 0.4) is 0 Å². The van der Waals surface area contributed by atoms with Gasteiger partial charge in [-0.2, -0.15) is 4.31 Å². The second-order valence-corrected chi connectivity index (χ2v) is 8.44. The Morgan fingerprint density at radius 3 is 2.63 bits per heavy atom. The summed E-state index contributed by atoms with van der Waals surface area (Å²) in [7, 11) is -3.82. The molecular formula is C19H26N2O5S. The van der Waals surface area contributed by atoms with Crippen LogP contribution in [0.1, 0.15) is 31.7 Å². The summed E-state index contributed by atoms with van der Waals surface area (Å²) in [6, 6.07) is 5.58. The number of nitrogens with one attached hydrogen (secondary N) is 1. The molecule has 1 saturated heterocycles. The third-order valence-corrected chi connectivity index (χ3v) is 6.36. The molecule has 1 heterocycles. The summed E-state index contributed by atoms with van der Waals surface area (Å²) >= 11 is 0. The first-order chi connectivity index (χ1) is 12.8. The van der Waals surface area contributed by atoms with Gasteiger partial charge in [-0.05, 0) is 45.2 Å². The third-order valence-electron chi connectivity index (χ3n) is 4.44. The summed E-state index contributed by atoms with van der Waals surface area (Å²) in [6.45, 7) is 7.33. The van der Waals surface area contributed by atoms with Gasteiger partial charge in [0.1, 0.15) is 6.04 Å². The summed E-state index contributed by atoms with van der Waals surface area (Å²) in [5.41, 5.74) is 0.947. The fraction of sp³-hybridized carbons (Fsp3) is 0.474. The third kappa shape index (κ3) is 5.17. The van der Waals surface area contributed by atoms with Gasteiger partial charge in [-0.1, -0.05) is 23.8 Å². The zero-order chi connectivity index (χ0) is 20.0. The number of benzene rings is 1. The van der Waals surface area contributed by atoms with E-state index >= 15 is 0 Å². The first-order valence-electron chi connectivity index (χ1n) is 8.95. The van der Waals surface area contributed by atoms with Crippen molar-refractivity contribution in [2.45, 2.75) is 50.2 Å². The van der Waals surface area contributed by atoms with Gasteiger partial charge >= 0.3 is 5.97 Å². The Bertz CT molecular complexity index is 789. The number of hydrogen-bond donors (Lipinski definition) is 1. The molecule has 2 rings (SSSR count). The largest absolute Gasteiger partial charge is 0.451 e. The lowest BCUT2D eigenvalue weighted by Crippen LogP contribution is -2.50. The molecule has 0 aliphatic carbocycles. The highest BCUT2D eigenvalue weighted by Gasteiger charge is 2.39. The fourth-order valence-corrected chi connectivity index (χ4v) is 4.54. The van der Waals surface area contributed by atoms with Gasteiger partial charge in [-0.3, -0.25) is 9.59 Å². The molecule has 8 heteroatoms. The molecule has 0 radical (unpaired) electrons. The Morgan fingerprint density at radius 2 is 2.00 bits per heavy atom. The van der Waals surface area contributed by atoms with E-state index in [0.717, 1.165) is 12.0 Å². The van der Waals surface area contributed by atoms with E-state index in [2.05, 4.69) is 11.9 Å². The van der Waals surface area contributed by atoms with Crippen molar-refractivity contribution >= 4 is 21.9 Å². The second-order valence-electron chi connectivity index (χ2n) is 6.55. The number of piperidine rings is 1. The summed E-state index contributed by atoms with van der Waals surface area (Å²) in [4.78, 5) is 24.6. The quantitative estimate of drug-likeness (QED) is 0.562. The van der Waals surface area contributed by atoms with Gasteiger partial charge in [0.2, 0.25) is 10.0 Å². The standard InChI is InChI=1S/C19H26N2O5S/c1-4-12-20-18(22)15(3)26-19(23)17-7-5-6-13-21(17)27(24,25)16-10-8-14(2)9-11-16/h4,8-11,15,17H,1,5-7,12-13H2,2-3H3,(H,20,22)/t15-,17+/m0/s1. The molecule has 0 aromatic heterocycles. The molecule has 148 valence electrons. The predicted molar refractivity (Wildman–Crippen MR) is 101 cm³/mol. The summed E-state index contributed by atoms with van der Waals surface area (Å²) < 4.78 is 32.4. The number of ether oxygens (including phenoxy) is 1. The van der Waals surface area contributed by atoms with Crippen molar-refractivity contribution in [2.75, 3.05) is 13.1 Å². The molecule has 1 fully saturated rings. The lowest BCUT2D eigenvalue weighted by atomic mass is 10.1. The summed E-state index contributed by atoms with van der Waals surface area (Å²) in [6.07, 6.45) is 2.26. The molecule has 0 spiro atoms. The number of hydrogen-bond acceptors (Lipinski definition) is 5. The minimum Gasteiger partial charge on any atom is -0.451 e. The molecule has 0 saturated carbocycles. The van der Waals surface area contributed by atoms with Crippen LogP contribution in [0.25, 0.3) is 0 Å². The number of aryl methyl sites for hydroxylation is 1. The zero-order valence-electron chi connectivity index (χ0n) is 15.7. The van der Waals surface area contributed by atoms with Crippen LogP contribution in [0.4, 0.5) is 0 Å². The average molecular weight is 394 g/mol. The number of carbonyl (C=O) groups excluding carboxylic acids is 2. The van der Waals surface area contributed by atoms with E-state index in [9.17, 15) is 18.0 Å². The van der Waals surface area contributed by atoms with Gasteiger partial charge in [0.15, 0.2) is 6.10 Å². The number of carbonyl (C=O) groups is 2. The van der Waals surface area contributed by atoms with E-state index in [-0.39, 0.29) is 18.0 Å². The molecule has 1 aromatic rings. The van der Waals surface area contributed by atoms with Crippen molar-refractivity contribution in [1.29, 1.82) is 0 Å². The van der Waals surface area contributed by atoms with Gasteiger partial charge in [0.25, 0.3) is 5.91 Å². The van der Waals surface area contributed by atoms with Crippen molar-refractivity contribution in [3.63, 3.8) is 0 Å². The molecule has 1 aromatic carbocycles. The number of sulfonamides is 1. The fourth-order valence-electron chi connectivity index (χ4n) is 2.90. The van der Waals surface area contributed by atoms with Crippen molar-refractivity contribution in [3.05, 3.63) is 42.5 Å². The Labute approximate surface area is 160 Å². The van der Waals surface area contributed by atoms with Crippen LogP contribution in [-0.4, -0.2) is 49.8 Å². The minimum atomic E-state index is -3.82. The second kappa shape index (κ2) is 9.14. The first kappa shape index (κ1) is 21.1. The van der Waals surface area contributed by atoms with Gasteiger partial charge < -0.3 is 10.1 Å². The molecule has 0 bridgehead atoms. The lowest BCUT2D eigenvalue weighted by molar-refractivity contribution is -0.159. The smallest absolute Gasteiger partial charge is 0.325 e. The number of rotatable bonds is 7. The van der Waals surface area contributed by atoms with Gasteiger partial charge in [-0.25, -0.2) is 8.42 Å². The van der Waals surface area contributed by atoms with E-state index in [1.807, 2.05) is 6.92 Å². The van der Waals surface area contributed by atoms with E-state index in [0.29, 0.717) is 12.8 Å². The average Bonchev–Trinajstić information content (AvgIpc) is 2.66. The Hall–Kier alpha value is -2.19. The number of esters is 1. The van der Waals surface area contributed by atoms with Crippen molar-refractivity contribution in [3.8, 4) is 0 Å². The SMILES string of the molecule is C=CCNC(=O)[C@H](C)OC(=O)[C@H]1CCCCN1S(=O)(=O)c1ccc(C)cc1. The monoisotopic (exact) mass is 394 g/mol. The van der Waals surface area contributed by atoms with Crippen LogP contribution in [0.2, 0.25) is 0 Å². The molecule has 2 atom stereocenters. The normalized spacial score (nSPS) is 19.1. The summed E-state index contributed by atoms with van der Waals surface area (Å²) in [5, 5.41) is 2.55. The van der Waals surface area contributed by atoms with E-state index in [4.69, 9.17) is 4.74 Å². The minimum absolute atomic E-state index is 0.143. The maximum absolute atomic E-state index is 13.0. The van der Waals surface area contributed by atoms with Crippen LogP contribution in [0.5, 0.6) is 0 Å². The van der Waals surface area contributed by atoms with E-state index in [1.165, 1.54) is 29.4 Å². The predicted octanol–water partition coefficient (Wildman–Crippen LogP) is 1.77. The topological polar surface area (TPSA) is 92.8 Å². The van der Waals surface area contributed by atoms with Crippen LogP contribution < -0.4 is 5.32 Å². The van der Waals surface area contributed by atoms with E-state index < -0.39 is 34.0 Å². The molecule has 7 nitrogen and oxygen atoms in total. The molecule has 1 aliphatic heterocycles. The van der Waals surface area contributed by atoms with Crippen molar-refractivity contribution < 1.29 is 22.7 Å². The van der Waals surface area contributed by atoms with Crippen LogP contribution in [0, 0.1) is 6.92 Å². The molecular weight excluding hydrogens is 368 g/mol. The van der Waals surface area contributed by atoms with Crippen LogP contribution >= 0.6 is 0 Å². The Kier molecular flexibility index (Phi) is 7.15. The molecule has 1 amide bonds. The van der Waals surface area contributed by atoms with E-state index in [1.54, 1.807) is 12.1 Å². The Balaban J connectivity index is 2.16. The maximum Gasteiger partial charge on any atom is 0.325 e. The maximum atomic E-state index is 13.0. The number of nitrogens with zero attached hydrogens (tertiary/aromatic N) is 1. The molecule has 0 unspecified atom stereocenters. The molecule has 1 aliphatic rings. The first-order valence-corrected chi connectivity index (χ1v) is 10.4. The van der Waals surface area contributed by atoms with Crippen LogP contribution in [0.15, 0.2) is 41.8 Å². The highest BCUT2D eigenvalue weighted by molar-refractivity contribution is 7.89. The number of amides is 1. The van der Waals surface area contributed by atoms with Gasteiger partial charge in [0.05, 0.1) is 4.90 Å². The van der Waals surface area contributed by atoms with Crippen molar-refractivity contribution in [1.82, 2.24) is 9.62 Å². The van der Waals surface area contributed by atoms with Crippen molar-refractivity contribution in [2.24, 2.45) is 0 Å². The highest BCUT2D eigenvalue weighted by atomic mass is 32.2. The highest BCUT2D eigenvalue weighted by Crippen LogP contribution is 2.26. The lowest BCUT2D eigenvalue weighted by Gasteiger charge is -2.33. The molecule has 1 N–H and O–H groups in total. The van der Waals surface area contributed by atoms with Gasteiger partial charge in [0, 0.05) is 13.1 Å². The Morgan fingerprint density at radius 1 is 1.33 bits per heavy atom. The summed E-state index contributed by atoms with van der Waals surface area (Å²) in [5.74, 6) is -1.15. The zero-order valence-corrected chi connectivity index (χ0v) is 16.5. The van der Waals surface area contributed by atoms with Gasteiger partial charge in [-0.15, -0.1) is 6.58 Å².